The zero-order chi connectivity index (χ0) is 14.1. The number of nitrogens with one attached hydrogen (secondary N) is 1. The van der Waals surface area contributed by atoms with E-state index in [-0.39, 0.29) is 12.4 Å². The van der Waals surface area contributed by atoms with Gasteiger partial charge < -0.3 is 13.9 Å². The van der Waals surface area contributed by atoms with Gasteiger partial charge in [-0.15, -0.1) is 5.10 Å². The third-order valence-corrected chi connectivity index (χ3v) is 2.93. The molecule has 8 heteroatoms. The number of hydrogen-bond acceptors (Lipinski definition) is 6. The lowest BCUT2D eigenvalue weighted by atomic mass is 10.2. The number of aromatic nitrogens is 2. The predicted molar refractivity (Wildman–Crippen MR) is 66.7 cm³/mol. The minimum absolute atomic E-state index is 0.0550. The number of anilines is 1. The van der Waals surface area contributed by atoms with Gasteiger partial charge in [-0.2, -0.15) is 0 Å². The van der Waals surface area contributed by atoms with Crippen molar-refractivity contribution in [3.05, 3.63) is 40.7 Å². The fourth-order valence-corrected chi connectivity index (χ4v) is 1.94. The molecular weight excluding hydrogens is 266 g/mol. The molecule has 8 nitrogen and oxygen atoms in total. The second-order valence-electron chi connectivity index (χ2n) is 4.13. The van der Waals surface area contributed by atoms with Gasteiger partial charge in [0.1, 0.15) is 5.75 Å². The van der Waals surface area contributed by atoms with E-state index in [1.807, 2.05) is 0 Å². The van der Waals surface area contributed by atoms with E-state index in [4.69, 9.17) is 13.9 Å². The van der Waals surface area contributed by atoms with Crippen LogP contribution in [0.5, 0.6) is 5.75 Å². The molecule has 1 unspecified atom stereocenters. The highest BCUT2D eigenvalue weighted by molar-refractivity contribution is 5.89. The molecular formula is C12H11N3O5. The highest BCUT2D eigenvalue weighted by Crippen LogP contribution is 2.29. The average Bonchev–Trinajstić information content (AvgIpc) is 3.05. The number of rotatable bonds is 3. The Bertz CT molecular complexity index is 675. The second kappa shape index (κ2) is 4.72. The topological polar surface area (TPSA) is 97.7 Å². The molecule has 2 heterocycles. The Morgan fingerprint density at radius 2 is 2.10 bits per heavy atom. The minimum atomic E-state index is -0.705. The SMILES string of the molecule is COc1ccc(N2CC(c3n[nH]c(=O)o3)OC2=O)cc1. The maximum atomic E-state index is 11.8. The molecule has 2 aromatic rings. The molecule has 1 aromatic heterocycles. The van der Waals surface area contributed by atoms with E-state index in [0.717, 1.165) is 0 Å². The van der Waals surface area contributed by atoms with Crippen molar-refractivity contribution in [1.29, 1.82) is 0 Å². The summed E-state index contributed by atoms with van der Waals surface area (Å²) in [5, 5.41) is 5.79. The molecule has 1 atom stereocenters. The van der Waals surface area contributed by atoms with Crippen molar-refractivity contribution in [1.82, 2.24) is 10.2 Å². The van der Waals surface area contributed by atoms with Crippen LogP contribution >= 0.6 is 0 Å². The Morgan fingerprint density at radius 3 is 2.70 bits per heavy atom. The monoisotopic (exact) mass is 277 g/mol. The molecule has 3 rings (SSSR count). The summed E-state index contributed by atoms with van der Waals surface area (Å²) in [7, 11) is 1.56. The number of H-pyrrole nitrogens is 1. The summed E-state index contributed by atoms with van der Waals surface area (Å²) in [6.07, 6.45) is -1.23. The van der Waals surface area contributed by atoms with Crippen LogP contribution in [0.15, 0.2) is 33.5 Å². The molecule has 0 saturated carbocycles. The van der Waals surface area contributed by atoms with Crippen LogP contribution in [0.4, 0.5) is 10.5 Å². The summed E-state index contributed by atoms with van der Waals surface area (Å²) < 4.78 is 15.0. The molecule has 0 radical (unpaired) electrons. The van der Waals surface area contributed by atoms with E-state index in [1.54, 1.807) is 31.4 Å². The third kappa shape index (κ3) is 2.11. The molecule has 20 heavy (non-hydrogen) atoms. The largest absolute Gasteiger partial charge is 0.497 e. The summed E-state index contributed by atoms with van der Waals surface area (Å²) in [5.74, 6) is 0.0643. The van der Waals surface area contributed by atoms with Crippen LogP contribution in [0.3, 0.4) is 0 Å². The van der Waals surface area contributed by atoms with Gasteiger partial charge in [0, 0.05) is 5.69 Å². The molecule has 0 spiro atoms. The quantitative estimate of drug-likeness (QED) is 0.901. The standard InChI is InChI=1S/C12H11N3O5/c1-18-8-4-2-7(3-5-8)15-6-9(19-12(15)17)10-13-14-11(16)20-10/h2-5,9H,6H2,1H3,(H,14,16). The van der Waals surface area contributed by atoms with E-state index < -0.39 is 18.0 Å². The van der Waals surface area contributed by atoms with Crippen LogP contribution in [-0.4, -0.2) is 29.9 Å². The van der Waals surface area contributed by atoms with E-state index in [2.05, 4.69) is 10.2 Å². The molecule has 1 saturated heterocycles. The lowest BCUT2D eigenvalue weighted by Crippen LogP contribution is -2.23. The number of amides is 1. The lowest BCUT2D eigenvalue weighted by Gasteiger charge is -2.12. The van der Waals surface area contributed by atoms with Gasteiger partial charge in [0.25, 0.3) is 5.89 Å². The van der Waals surface area contributed by atoms with Gasteiger partial charge in [-0.25, -0.2) is 14.7 Å². The molecule has 1 aliphatic rings. The molecule has 0 aliphatic carbocycles. The number of nitrogens with zero attached hydrogens (tertiary/aromatic N) is 2. The fourth-order valence-electron chi connectivity index (χ4n) is 1.94. The first kappa shape index (κ1) is 12.3. The van der Waals surface area contributed by atoms with Gasteiger partial charge in [-0.3, -0.25) is 4.90 Å². The van der Waals surface area contributed by atoms with E-state index in [1.165, 1.54) is 4.90 Å². The van der Waals surface area contributed by atoms with Crippen LogP contribution in [0, 0.1) is 0 Å². The van der Waals surface area contributed by atoms with Crippen molar-refractivity contribution in [2.75, 3.05) is 18.6 Å². The highest BCUT2D eigenvalue weighted by Gasteiger charge is 2.36. The Labute approximate surface area is 112 Å². The Morgan fingerprint density at radius 1 is 1.35 bits per heavy atom. The zero-order valence-corrected chi connectivity index (χ0v) is 10.5. The van der Waals surface area contributed by atoms with E-state index >= 15 is 0 Å². The first-order valence-corrected chi connectivity index (χ1v) is 5.85. The smallest absolute Gasteiger partial charge is 0.434 e. The zero-order valence-electron chi connectivity index (χ0n) is 10.5. The van der Waals surface area contributed by atoms with Gasteiger partial charge in [-0.05, 0) is 24.3 Å². The van der Waals surface area contributed by atoms with Gasteiger partial charge in [0.05, 0.1) is 13.7 Å². The van der Waals surface area contributed by atoms with E-state index in [0.29, 0.717) is 11.4 Å². The van der Waals surface area contributed by atoms with Gasteiger partial charge >= 0.3 is 11.8 Å². The molecule has 1 aliphatic heterocycles. The van der Waals surface area contributed by atoms with Crippen LogP contribution < -0.4 is 15.4 Å². The summed E-state index contributed by atoms with van der Waals surface area (Å²) in [4.78, 5) is 24.2. The number of methoxy groups -OCH3 is 1. The van der Waals surface area contributed by atoms with Crippen LogP contribution in [0.1, 0.15) is 12.0 Å². The molecule has 1 aromatic carbocycles. The third-order valence-electron chi connectivity index (χ3n) is 2.93. The van der Waals surface area contributed by atoms with Gasteiger partial charge in [0.2, 0.25) is 0 Å². The fraction of sp³-hybridized carbons (Fsp3) is 0.250. The Balaban J connectivity index is 1.81. The van der Waals surface area contributed by atoms with Crippen molar-refractivity contribution in [3.63, 3.8) is 0 Å². The maximum absolute atomic E-state index is 11.8. The summed E-state index contributed by atoms with van der Waals surface area (Å²) in [6.45, 7) is 0.221. The number of ether oxygens (including phenoxy) is 2. The van der Waals surface area contributed by atoms with E-state index in [9.17, 15) is 9.59 Å². The minimum Gasteiger partial charge on any atom is -0.497 e. The number of cyclic esters (lactones) is 1. The Hall–Kier alpha value is -2.77. The number of aromatic amines is 1. The average molecular weight is 277 g/mol. The maximum Gasteiger partial charge on any atom is 0.434 e. The lowest BCUT2D eigenvalue weighted by molar-refractivity contribution is 0.125. The van der Waals surface area contributed by atoms with Crippen molar-refractivity contribution >= 4 is 11.8 Å². The summed E-state index contributed by atoms with van der Waals surface area (Å²) in [6, 6.07) is 6.96. The van der Waals surface area contributed by atoms with Crippen molar-refractivity contribution in [3.8, 4) is 5.75 Å². The highest BCUT2D eigenvalue weighted by atomic mass is 16.6. The number of carbonyl (C=O) groups excluding carboxylic acids is 1. The molecule has 1 fully saturated rings. The number of carbonyl (C=O) groups is 1. The van der Waals surface area contributed by atoms with Crippen molar-refractivity contribution in [2.24, 2.45) is 0 Å². The Kier molecular flexibility index (Phi) is 2.90. The van der Waals surface area contributed by atoms with Gasteiger partial charge in [-0.1, -0.05) is 0 Å². The normalized spacial score (nSPS) is 18.1. The predicted octanol–water partition coefficient (Wildman–Crippen LogP) is 1.07. The number of hydrogen-bond donors (Lipinski definition) is 1. The van der Waals surface area contributed by atoms with Crippen molar-refractivity contribution in [2.45, 2.75) is 6.10 Å². The molecule has 1 amide bonds. The summed E-state index contributed by atoms with van der Waals surface area (Å²) in [5.41, 5.74) is 0.663. The van der Waals surface area contributed by atoms with Crippen LogP contribution in [-0.2, 0) is 4.74 Å². The second-order valence-corrected chi connectivity index (χ2v) is 4.13. The van der Waals surface area contributed by atoms with Crippen molar-refractivity contribution < 1.29 is 18.7 Å². The van der Waals surface area contributed by atoms with Crippen LogP contribution in [0.25, 0.3) is 0 Å². The first-order valence-electron chi connectivity index (χ1n) is 5.85. The molecule has 104 valence electrons. The summed E-state index contributed by atoms with van der Waals surface area (Å²) >= 11 is 0. The van der Waals surface area contributed by atoms with Gasteiger partial charge in [0.15, 0.2) is 6.10 Å². The first-order chi connectivity index (χ1) is 9.67. The number of benzene rings is 1. The molecule has 0 bridgehead atoms. The van der Waals surface area contributed by atoms with Crippen LogP contribution in [0.2, 0.25) is 0 Å². The molecule has 1 N–H and O–H groups in total.